The highest BCUT2D eigenvalue weighted by atomic mass is 16.4. The van der Waals surface area contributed by atoms with Crippen LogP contribution in [0.4, 0.5) is 0 Å². The number of carboxylic acid groups (broad SMARTS) is 2. The zero-order chi connectivity index (χ0) is 25.4. The first kappa shape index (κ1) is 30.2. The summed E-state index contributed by atoms with van der Waals surface area (Å²) in [5.74, 6) is -3.45. The fourth-order valence-electron chi connectivity index (χ4n) is 6.50. The Labute approximate surface area is 193 Å². The van der Waals surface area contributed by atoms with Crippen molar-refractivity contribution in [1.29, 1.82) is 0 Å². The number of hydrogen-bond acceptors (Lipinski definition) is 5. The Morgan fingerprint density at radius 3 is 2.00 bits per heavy atom. The molecule has 3 N–H and O–H groups in total. The molecule has 3 saturated carbocycles. The lowest BCUT2D eigenvalue weighted by Gasteiger charge is -2.54. The number of aliphatic hydroxyl groups excluding tert-OH is 1. The van der Waals surface area contributed by atoms with E-state index in [1.807, 2.05) is 34.6 Å². The summed E-state index contributed by atoms with van der Waals surface area (Å²) in [5.41, 5.74) is -1.51. The van der Waals surface area contributed by atoms with Gasteiger partial charge in [-0.3, -0.25) is 19.2 Å². The number of Topliss-reactive ketones (excluding diaryl/α,β-unsaturated/α-hetero) is 2. The fraction of sp³-hybridized carbons (Fsp3) is 0.840. The summed E-state index contributed by atoms with van der Waals surface area (Å²) < 4.78 is 0. The SMILES string of the molecule is CC.CC.CC(CC1(C)C(=O)CCC2C1C(=O)CC1(C)C(C(=O)O)CCC21)C(=O)O.CO. The van der Waals surface area contributed by atoms with E-state index < -0.39 is 40.5 Å². The van der Waals surface area contributed by atoms with Crippen LogP contribution < -0.4 is 0 Å². The van der Waals surface area contributed by atoms with Gasteiger partial charge in [0.15, 0.2) is 0 Å². The summed E-state index contributed by atoms with van der Waals surface area (Å²) >= 11 is 0. The Bertz CT molecular complexity index is 673. The molecule has 32 heavy (non-hydrogen) atoms. The van der Waals surface area contributed by atoms with Gasteiger partial charge in [0, 0.05) is 31.3 Å². The van der Waals surface area contributed by atoms with Crippen LogP contribution in [0.1, 0.15) is 87.0 Å². The fourth-order valence-corrected chi connectivity index (χ4v) is 6.50. The van der Waals surface area contributed by atoms with Crippen molar-refractivity contribution in [2.75, 3.05) is 7.11 Å². The second kappa shape index (κ2) is 12.5. The molecule has 3 aliphatic rings. The Morgan fingerprint density at radius 2 is 1.53 bits per heavy atom. The van der Waals surface area contributed by atoms with Gasteiger partial charge in [0.05, 0.1) is 11.8 Å². The molecule has 0 aromatic rings. The monoisotopic (exact) mass is 456 g/mol. The molecule has 0 spiro atoms. The van der Waals surface area contributed by atoms with Crippen molar-refractivity contribution in [3.63, 3.8) is 0 Å². The normalized spacial score (nSPS) is 35.9. The largest absolute Gasteiger partial charge is 0.481 e. The predicted molar refractivity (Wildman–Crippen MR) is 123 cm³/mol. The van der Waals surface area contributed by atoms with Gasteiger partial charge in [-0.25, -0.2) is 0 Å². The summed E-state index contributed by atoms with van der Waals surface area (Å²) in [6, 6.07) is 0. The van der Waals surface area contributed by atoms with E-state index in [1.165, 1.54) is 0 Å². The number of ketones is 2. The van der Waals surface area contributed by atoms with Gasteiger partial charge >= 0.3 is 11.9 Å². The predicted octanol–water partition coefficient (Wildman–Crippen LogP) is 4.45. The molecule has 7 nitrogen and oxygen atoms in total. The van der Waals surface area contributed by atoms with Crippen LogP contribution in [0.3, 0.4) is 0 Å². The van der Waals surface area contributed by atoms with Crippen LogP contribution in [-0.2, 0) is 19.2 Å². The molecular formula is C25H44O7. The molecule has 186 valence electrons. The van der Waals surface area contributed by atoms with E-state index in [1.54, 1.807) is 13.8 Å². The molecule has 7 atom stereocenters. The van der Waals surface area contributed by atoms with Crippen LogP contribution >= 0.6 is 0 Å². The van der Waals surface area contributed by atoms with Crippen molar-refractivity contribution in [3.05, 3.63) is 0 Å². The summed E-state index contributed by atoms with van der Waals surface area (Å²) in [6.07, 6.45) is 2.64. The molecular weight excluding hydrogens is 412 g/mol. The minimum Gasteiger partial charge on any atom is -0.481 e. The number of carbonyl (C=O) groups is 4. The second-order valence-corrected chi connectivity index (χ2v) is 9.19. The number of aliphatic hydroxyl groups is 1. The van der Waals surface area contributed by atoms with Gasteiger partial charge in [0.2, 0.25) is 0 Å². The van der Waals surface area contributed by atoms with Crippen molar-refractivity contribution in [2.45, 2.75) is 87.0 Å². The lowest BCUT2D eigenvalue weighted by molar-refractivity contribution is -0.165. The van der Waals surface area contributed by atoms with Gasteiger partial charge in [0.25, 0.3) is 0 Å². The van der Waals surface area contributed by atoms with Crippen molar-refractivity contribution in [2.24, 2.45) is 40.4 Å². The molecule has 7 unspecified atom stereocenters. The van der Waals surface area contributed by atoms with Gasteiger partial charge in [0.1, 0.15) is 11.6 Å². The summed E-state index contributed by atoms with van der Waals surface area (Å²) in [6.45, 7) is 13.3. The number of fused-ring (bicyclic) bond motifs is 3. The summed E-state index contributed by atoms with van der Waals surface area (Å²) in [4.78, 5) is 49.0. The van der Waals surface area contributed by atoms with E-state index in [0.29, 0.717) is 19.3 Å². The Kier molecular flexibility index (Phi) is 11.8. The van der Waals surface area contributed by atoms with Crippen LogP contribution in [0.2, 0.25) is 0 Å². The number of rotatable bonds is 4. The first-order valence-electron chi connectivity index (χ1n) is 12.0. The van der Waals surface area contributed by atoms with E-state index in [2.05, 4.69) is 0 Å². The maximum atomic E-state index is 13.2. The number of carboxylic acids is 2. The second-order valence-electron chi connectivity index (χ2n) is 9.19. The molecule has 0 bridgehead atoms. The molecule has 0 aromatic carbocycles. The van der Waals surface area contributed by atoms with Crippen molar-refractivity contribution in [3.8, 4) is 0 Å². The highest BCUT2D eigenvalue weighted by Crippen LogP contribution is 2.63. The van der Waals surface area contributed by atoms with Gasteiger partial charge in [-0.2, -0.15) is 0 Å². The zero-order valence-electron chi connectivity index (χ0n) is 21.1. The van der Waals surface area contributed by atoms with Gasteiger partial charge in [-0.1, -0.05) is 48.5 Å². The van der Waals surface area contributed by atoms with Crippen LogP contribution in [0, 0.1) is 40.4 Å². The van der Waals surface area contributed by atoms with Crippen LogP contribution in [0.25, 0.3) is 0 Å². The van der Waals surface area contributed by atoms with Gasteiger partial charge in [-0.05, 0) is 42.9 Å². The molecule has 3 fully saturated rings. The standard InChI is InChI=1S/C20H28O6.2C2H6.CH4O/c1-10(17(23)24)8-20(3)15(22)7-4-11-12-5-6-13(18(25)26)19(12,2)9-14(21)16(11)20;3*1-2/h10-13,16H,4-9H2,1-3H3,(H,23,24)(H,25,26);2*1-2H3;2H,1H3. The number of carbonyl (C=O) groups excluding carboxylic acids is 2. The molecule has 0 saturated heterocycles. The highest BCUT2D eigenvalue weighted by Gasteiger charge is 2.64. The van der Waals surface area contributed by atoms with Crippen LogP contribution in [-0.4, -0.2) is 45.9 Å². The van der Waals surface area contributed by atoms with E-state index >= 15 is 0 Å². The smallest absolute Gasteiger partial charge is 0.307 e. The van der Waals surface area contributed by atoms with Crippen molar-refractivity contribution < 1.29 is 34.5 Å². The van der Waals surface area contributed by atoms with E-state index in [9.17, 15) is 29.4 Å². The maximum absolute atomic E-state index is 13.2. The minimum absolute atomic E-state index is 0.0171. The molecule has 0 heterocycles. The average Bonchev–Trinajstić information content (AvgIpc) is 3.11. The lowest BCUT2D eigenvalue weighted by Crippen LogP contribution is -2.57. The highest BCUT2D eigenvalue weighted by molar-refractivity contribution is 5.95. The Balaban J connectivity index is 0.00000148. The van der Waals surface area contributed by atoms with E-state index in [4.69, 9.17) is 5.11 Å². The third kappa shape index (κ3) is 5.41. The molecule has 0 aliphatic heterocycles. The Hall–Kier alpha value is -1.76. The summed E-state index contributed by atoms with van der Waals surface area (Å²) in [5, 5.41) is 25.9. The first-order chi connectivity index (χ1) is 15.0. The quantitative estimate of drug-likeness (QED) is 0.570. The number of hydrogen-bond donors (Lipinski definition) is 3. The molecule has 3 aliphatic carbocycles. The van der Waals surface area contributed by atoms with Crippen LogP contribution in [0.15, 0.2) is 0 Å². The minimum atomic E-state index is -0.958. The molecule has 0 aromatic heterocycles. The molecule has 7 heteroatoms. The first-order valence-corrected chi connectivity index (χ1v) is 12.0. The van der Waals surface area contributed by atoms with Gasteiger partial charge < -0.3 is 15.3 Å². The molecule has 3 rings (SSSR count). The Morgan fingerprint density at radius 1 is 1.00 bits per heavy atom. The van der Waals surface area contributed by atoms with Crippen molar-refractivity contribution >= 4 is 23.5 Å². The molecule has 0 amide bonds. The summed E-state index contributed by atoms with van der Waals surface area (Å²) in [7, 11) is 1.00. The topological polar surface area (TPSA) is 129 Å². The van der Waals surface area contributed by atoms with E-state index in [0.717, 1.165) is 13.5 Å². The van der Waals surface area contributed by atoms with Crippen LogP contribution in [0.5, 0.6) is 0 Å². The third-order valence-electron chi connectivity index (χ3n) is 7.73. The number of aliphatic carboxylic acids is 2. The third-order valence-corrected chi connectivity index (χ3v) is 7.73. The average molecular weight is 457 g/mol. The lowest BCUT2D eigenvalue weighted by atomic mass is 9.47. The molecule has 0 radical (unpaired) electrons. The van der Waals surface area contributed by atoms with Crippen molar-refractivity contribution in [1.82, 2.24) is 0 Å². The zero-order valence-corrected chi connectivity index (χ0v) is 21.1. The maximum Gasteiger partial charge on any atom is 0.307 e. The van der Waals surface area contributed by atoms with E-state index in [-0.39, 0.29) is 36.2 Å². The van der Waals surface area contributed by atoms with Gasteiger partial charge in [-0.15, -0.1) is 0 Å².